The molecule has 0 saturated heterocycles. The minimum absolute atomic E-state index is 0.0301. The van der Waals surface area contributed by atoms with Crippen LogP contribution < -0.4 is 21.7 Å². The van der Waals surface area contributed by atoms with Crippen LogP contribution in [-0.4, -0.2) is 35.4 Å². The second-order valence-corrected chi connectivity index (χ2v) is 6.91. The Bertz CT molecular complexity index is 909. The van der Waals surface area contributed by atoms with Gasteiger partial charge in [-0.15, -0.1) is 11.3 Å². The van der Waals surface area contributed by atoms with Gasteiger partial charge in [0, 0.05) is 21.5 Å². The normalized spacial score (nSPS) is 10.2. The Hall–Kier alpha value is -3.40. The summed E-state index contributed by atoms with van der Waals surface area (Å²) in [5.74, 6) is -1.95. The van der Waals surface area contributed by atoms with Crippen molar-refractivity contribution in [3.8, 4) is 0 Å². The third-order valence-corrected chi connectivity index (χ3v) is 4.94. The predicted octanol–water partition coefficient (Wildman–Crippen LogP) is 1.75. The van der Waals surface area contributed by atoms with Crippen molar-refractivity contribution in [2.24, 2.45) is 5.73 Å². The lowest BCUT2D eigenvalue weighted by molar-refractivity contribution is -0.137. The Labute approximate surface area is 165 Å². The molecule has 148 valence electrons. The lowest BCUT2D eigenvalue weighted by Gasteiger charge is -2.09. The molecule has 1 aromatic carbocycles. The van der Waals surface area contributed by atoms with E-state index in [1.54, 1.807) is 23.6 Å². The van der Waals surface area contributed by atoms with Crippen molar-refractivity contribution in [1.82, 2.24) is 5.32 Å². The molecular weight excluding hydrogens is 382 g/mol. The van der Waals surface area contributed by atoms with Gasteiger partial charge in [0.25, 0.3) is 5.91 Å². The van der Waals surface area contributed by atoms with Gasteiger partial charge >= 0.3 is 5.97 Å². The highest BCUT2D eigenvalue weighted by molar-refractivity contribution is 7.10. The van der Waals surface area contributed by atoms with Crippen molar-refractivity contribution in [3.63, 3.8) is 0 Å². The Morgan fingerprint density at radius 3 is 2.68 bits per heavy atom. The Morgan fingerprint density at radius 1 is 1.25 bits per heavy atom. The van der Waals surface area contributed by atoms with E-state index < -0.39 is 17.8 Å². The summed E-state index contributed by atoms with van der Waals surface area (Å²) >= 11 is 1.39. The van der Waals surface area contributed by atoms with Gasteiger partial charge in [-0.3, -0.25) is 19.8 Å². The molecule has 28 heavy (non-hydrogen) atoms. The minimum atomic E-state index is -0.872. The SMILES string of the molecule is Cc1c(NC(=O)CNC(=O)c2cccc(NC(=N)N)c2)csc1CCC(=O)O. The molecule has 0 unspecified atom stereocenters. The smallest absolute Gasteiger partial charge is 0.303 e. The number of aryl methyl sites for hydroxylation is 1. The fraction of sp³-hybridized carbons (Fsp3) is 0.222. The highest BCUT2D eigenvalue weighted by Crippen LogP contribution is 2.27. The number of rotatable bonds is 8. The van der Waals surface area contributed by atoms with Crippen LogP contribution in [0.1, 0.15) is 27.2 Å². The third-order valence-electron chi connectivity index (χ3n) is 3.79. The number of hydrogen-bond donors (Lipinski definition) is 6. The molecule has 1 heterocycles. The van der Waals surface area contributed by atoms with Crippen LogP contribution in [0.2, 0.25) is 0 Å². The van der Waals surface area contributed by atoms with Crippen molar-refractivity contribution >= 4 is 46.5 Å². The molecule has 10 heteroatoms. The second-order valence-electron chi connectivity index (χ2n) is 5.94. The maximum absolute atomic E-state index is 12.2. The number of thiophene rings is 1. The Morgan fingerprint density at radius 2 is 2.00 bits per heavy atom. The fourth-order valence-corrected chi connectivity index (χ4v) is 3.40. The van der Waals surface area contributed by atoms with Crippen LogP contribution in [0.15, 0.2) is 29.6 Å². The zero-order valence-electron chi connectivity index (χ0n) is 15.2. The highest BCUT2D eigenvalue weighted by atomic mass is 32.1. The lowest BCUT2D eigenvalue weighted by atomic mass is 10.1. The van der Waals surface area contributed by atoms with Gasteiger partial charge in [-0.1, -0.05) is 6.07 Å². The standard InChI is InChI=1S/C18H21N5O4S/c1-10-13(9-28-14(10)5-6-16(25)26)23-15(24)8-21-17(27)11-3-2-4-12(7-11)22-18(19)20/h2-4,7,9H,5-6,8H2,1H3,(H,21,27)(H,23,24)(H,25,26)(H4,19,20,22). The topological polar surface area (TPSA) is 157 Å². The van der Waals surface area contributed by atoms with Crippen molar-refractivity contribution < 1.29 is 19.5 Å². The van der Waals surface area contributed by atoms with E-state index in [9.17, 15) is 14.4 Å². The molecule has 0 fully saturated rings. The molecule has 7 N–H and O–H groups in total. The average Bonchev–Trinajstić information content (AvgIpc) is 2.97. The van der Waals surface area contributed by atoms with Crippen LogP contribution in [0.5, 0.6) is 0 Å². The molecular formula is C18H21N5O4S. The number of aliphatic carboxylic acids is 1. The first kappa shape index (κ1) is 20.9. The molecule has 1 aromatic heterocycles. The van der Waals surface area contributed by atoms with Crippen LogP contribution in [0.3, 0.4) is 0 Å². The summed E-state index contributed by atoms with van der Waals surface area (Å²) in [6, 6.07) is 6.39. The van der Waals surface area contributed by atoms with Gasteiger partial charge in [0.1, 0.15) is 0 Å². The van der Waals surface area contributed by atoms with E-state index in [4.69, 9.17) is 16.2 Å². The van der Waals surface area contributed by atoms with Crippen LogP contribution >= 0.6 is 11.3 Å². The molecule has 0 aliphatic carbocycles. The van der Waals surface area contributed by atoms with Crippen molar-refractivity contribution in [3.05, 3.63) is 45.6 Å². The third kappa shape index (κ3) is 6.09. The molecule has 0 atom stereocenters. The van der Waals surface area contributed by atoms with E-state index in [2.05, 4.69) is 16.0 Å². The van der Waals surface area contributed by atoms with Crippen LogP contribution in [0, 0.1) is 12.3 Å². The van der Waals surface area contributed by atoms with Gasteiger partial charge in [-0.05, 0) is 37.1 Å². The number of amides is 2. The zero-order chi connectivity index (χ0) is 20.7. The van der Waals surface area contributed by atoms with E-state index in [-0.39, 0.29) is 18.9 Å². The first-order valence-electron chi connectivity index (χ1n) is 8.34. The molecule has 2 amide bonds. The number of carbonyl (C=O) groups is 3. The van der Waals surface area contributed by atoms with Gasteiger partial charge in [-0.25, -0.2) is 0 Å². The summed E-state index contributed by atoms with van der Waals surface area (Å²) in [7, 11) is 0. The van der Waals surface area contributed by atoms with Crippen LogP contribution in [0.4, 0.5) is 11.4 Å². The van der Waals surface area contributed by atoms with Crippen molar-refractivity contribution in [1.29, 1.82) is 5.41 Å². The molecule has 2 rings (SSSR count). The van der Waals surface area contributed by atoms with Crippen LogP contribution in [-0.2, 0) is 16.0 Å². The first-order chi connectivity index (χ1) is 13.3. The molecule has 9 nitrogen and oxygen atoms in total. The number of nitrogens with two attached hydrogens (primary N) is 1. The summed E-state index contributed by atoms with van der Waals surface area (Å²) in [5.41, 5.74) is 7.51. The van der Waals surface area contributed by atoms with Gasteiger partial charge < -0.3 is 26.8 Å². The fourth-order valence-electron chi connectivity index (χ4n) is 2.40. The molecule has 0 aliphatic rings. The van der Waals surface area contributed by atoms with E-state index in [1.807, 2.05) is 6.92 Å². The molecule has 0 spiro atoms. The van der Waals surface area contributed by atoms with Gasteiger partial charge in [-0.2, -0.15) is 0 Å². The van der Waals surface area contributed by atoms with Gasteiger partial charge in [0.2, 0.25) is 5.91 Å². The first-order valence-corrected chi connectivity index (χ1v) is 9.22. The largest absolute Gasteiger partial charge is 0.481 e. The van der Waals surface area contributed by atoms with E-state index in [0.717, 1.165) is 10.4 Å². The monoisotopic (exact) mass is 403 g/mol. The highest BCUT2D eigenvalue weighted by Gasteiger charge is 2.13. The van der Waals surface area contributed by atoms with Crippen LogP contribution in [0.25, 0.3) is 0 Å². The van der Waals surface area contributed by atoms with Crippen molar-refractivity contribution in [2.45, 2.75) is 19.8 Å². The number of carbonyl (C=O) groups excluding carboxylic acids is 2. The summed E-state index contributed by atoms with van der Waals surface area (Å²) in [4.78, 5) is 35.9. The summed E-state index contributed by atoms with van der Waals surface area (Å²) < 4.78 is 0. The number of benzene rings is 1. The Balaban J connectivity index is 1.89. The second kappa shape index (κ2) is 9.51. The van der Waals surface area contributed by atoms with Gasteiger partial charge in [0.15, 0.2) is 5.96 Å². The number of nitrogens with one attached hydrogen (secondary N) is 4. The summed E-state index contributed by atoms with van der Waals surface area (Å²) in [6.45, 7) is 1.60. The zero-order valence-corrected chi connectivity index (χ0v) is 16.0. The number of hydrogen-bond acceptors (Lipinski definition) is 5. The molecule has 0 aliphatic heterocycles. The number of carboxylic acid groups (broad SMARTS) is 1. The van der Waals surface area contributed by atoms with E-state index in [1.165, 1.54) is 17.4 Å². The quantitative estimate of drug-likeness (QED) is 0.291. The molecule has 0 bridgehead atoms. The number of carboxylic acids is 1. The lowest BCUT2D eigenvalue weighted by Crippen LogP contribution is -2.33. The summed E-state index contributed by atoms with van der Waals surface area (Å²) in [6.07, 6.45) is 0.436. The molecule has 2 aromatic rings. The van der Waals surface area contributed by atoms with Crippen molar-refractivity contribution in [2.75, 3.05) is 17.2 Å². The minimum Gasteiger partial charge on any atom is -0.481 e. The van der Waals surface area contributed by atoms with Gasteiger partial charge in [0.05, 0.1) is 18.7 Å². The number of guanidine groups is 1. The maximum Gasteiger partial charge on any atom is 0.303 e. The Kier molecular flexibility index (Phi) is 7.10. The number of anilines is 2. The molecule has 0 saturated carbocycles. The molecule has 0 radical (unpaired) electrons. The van der Waals surface area contributed by atoms with E-state index >= 15 is 0 Å². The van der Waals surface area contributed by atoms with E-state index in [0.29, 0.717) is 23.4 Å². The summed E-state index contributed by atoms with van der Waals surface area (Å²) in [5, 5.41) is 25.6. The average molecular weight is 403 g/mol. The maximum atomic E-state index is 12.2. The predicted molar refractivity (Wildman–Crippen MR) is 108 cm³/mol.